The molecule has 0 atom stereocenters. The first-order valence-corrected chi connectivity index (χ1v) is 4.55. The van der Waals surface area contributed by atoms with Crippen LogP contribution in [-0.2, 0) is 12.8 Å². The maximum atomic E-state index is 13.0. The Hall–Kier alpha value is -0.850. The monoisotopic (exact) mass is 164 g/mol. The van der Waals surface area contributed by atoms with Gasteiger partial charge in [0, 0.05) is 0 Å². The van der Waals surface area contributed by atoms with Gasteiger partial charge in [0.2, 0.25) is 0 Å². The molecule has 0 aromatic heterocycles. The normalized spacial score (nSPS) is 15.8. The van der Waals surface area contributed by atoms with Gasteiger partial charge in [0.25, 0.3) is 0 Å². The summed E-state index contributed by atoms with van der Waals surface area (Å²) >= 11 is 0. The van der Waals surface area contributed by atoms with Crippen LogP contribution in [0.1, 0.15) is 29.5 Å². The molecule has 0 saturated carbocycles. The molecule has 1 aromatic carbocycles. The fourth-order valence-corrected chi connectivity index (χ4v) is 2.04. The van der Waals surface area contributed by atoms with Crippen molar-refractivity contribution in [2.24, 2.45) is 0 Å². The lowest BCUT2D eigenvalue weighted by atomic mass is 9.89. The maximum Gasteiger partial charge on any atom is 0.123 e. The first-order chi connectivity index (χ1) is 5.77. The van der Waals surface area contributed by atoms with Crippen molar-refractivity contribution in [3.05, 3.63) is 34.6 Å². The van der Waals surface area contributed by atoms with Gasteiger partial charge in [-0.25, -0.2) is 4.39 Å². The van der Waals surface area contributed by atoms with Crippen LogP contribution in [0.3, 0.4) is 0 Å². The lowest BCUT2D eigenvalue weighted by Gasteiger charge is -2.17. The van der Waals surface area contributed by atoms with Crippen LogP contribution in [0.5, 0.6) is 0 Å². The van der Waals surface area contributed by atoms with Crippen LogP contribution in [-0.4, -0.2) is 0 Å². The Balaban J connectivity index is 2.53. The lowest BCUT2D eigenvalue weighted by molar-refractivity contribution is 0.611. The zero-order chi connectivity index (χ0) is 8.55. The number of rotatable bonds is 0. The minimum atomic E-state index is -0.0758. The van der Waals surface area contributed by atoms with E-state index >= 15 is 0 Å². The predicted molar refractivity (Wildman–Crippen MR) is 47.8 cm³/mol. The molecule has 1 aliphatic carbocycles. The molecule has 0 unspecified atom stereocenters. The molecular weight excluding hydrogens is 151 g/mol. The number of hydrogen-bond donors (Lipinski definition) is 0. The van der Waals surface area contributed by atoms with Crippen molar-refractivity contribution in [2.45, 2.75) is 32.6 Å². The van der Waals surface area contributed by atoms with Crippen molar-refractivity contribution in [1.29, 1.82) is 0 Å². The van der Waals surface area contributed by atoms with Gasteiger partial charge < -0.3 is 0 Å². The van der Waals surface area contributed by atoms with Gasteiger partial charge in [-0.1, -0.05) is 0 Å². The molecule has 0 spiro atoms. The summed E-state index contributed by atoms with van der Waals surface area (Å²) in [5.41, 5.74) is 3.76. The molecule has 1 aliphatic rings. The summed E-state index contributed by atoms with van der Waals surface area (Å²) in [6, 6.07) is 3.34. The number of hydrogen-bond acceptors (Lipinski definition) is 0. The smallest absolute Gasteiger partial charge is 0.123 e. The second-order valence-corrected chi connectivity index (χ2v) is 3.57. The number of benzene rings is 1. The highest BCUT2D eigenvalue weighted by atomic mass is 19.1. The molecule has 0 saturated heterocycles. The molecule has 64 valence electrons. The minimum Gasteiger partial charge on any atom is -0.207 e. The summed E-state index contributed by atoms with van der Waals surface area (Å²) in [6.07, 6.45) is 4.69. The van der Waals surface area contributed by atoms with Crippen LogP contribution >= 0.6 is 0 Å². The Kier molecular flexibility index (Phi) is 1.87. The van der Waals surface area contributed by atoms with Crippen molar-refractivity contribution in [1.82, 2.24) is 0 Å². The largest absolute Gasteiger partial charge is 0.207 e. The summed E-state index contributed by atoms with van der Waals surface area (Å²) in [7, 11) is 0. The Labute approximate surface area is 72.4 Å². The minimum absolute atomic E-state index is 0.0758. The first kappa shape index (κ1) is 7.78. The Morgan fingerprint density at radius 3 is 2.75 bits per heavy atom. The van der Waals surface area contributed by atoms with Gasteiger partial charge in [0.05, 0.1) is 0 Å². The highest BCUT2D eigenvalue weighted by Gasteiger charge is 2.12. The van der Waals surface area contributed by atoms with E-state index < -0.39 is 0 Å². The van der Waals surface area contributed by atoms with E-state index in [2.05, 4.69) is 0 Å². The third kappa shape index (κ3) is 1.24. The molecule has 0 N–H and O–H groups in total. The standard InChI is InChI=1S/C11H13F/c1-8-6-10(12)7-9-4-2-3-5-11(8)9/h6-7H,2-5H2,1H3. The van der Waals surface area contributed by atoms with Crippen molar-refractivity contribution in [2.75, 3.05) is 0 Å². The molecule has 12 heavy (non-hydrogen) atoms. The molecule has 1 heteroatoms. The van der Waals surface area contributed by atoms with Crippen LogP contribution in [0.25, 0.3) is 0 Å². The average Bonchev–Trinajstić information content (AvgIpc) is 2.04. The van der Waals surface area contributed by atoms with Gasteiger partial charge in [-0.3, -0.25) is 0 Å². The van der Waals surface area contributed by atoms with E-state index in [0.717, 1.165) is 18.4 Å². The molecule has 1 aromatic rings. The third-order valence-corrected chi connectivity index (χ3v) is 2.65. The number of fused-ring (bicyclic) bond motifs is 1. The predicted octanol–water partition coefficient (Wildman–Crippen LogP) is 3.01. The van der Waals surface area contributed by atoms with E-state index in [9.17, 15) is 4.39 Å². The maximum absolute atomic E-state index is 13.0. The highest BCUT2D eigenvalue weighted by molar-refractivity contribution is 5.36. The fourth-order valence-electron chi connectivity index (χ4n) is 2.04. The zero-order valence-electron chi connectivity index (χ0n) is 7.36. The van der Waals surface area contributed by atoms with Crippen molar-refractivity contribution in [3.63, 3.8) is 0 Å². The van der Waals surface area contributed by atoms with Crippen molar-refractivity contribution >= 4 is 0 Å². The highest BCUT2D eigenvalue weighted by Crippen LogP contribution is 2.24. The van der Waals surface area contributed by atoms with E-state index in [0.29, 0.717) is 0 Å². The molecule has 0 aliphatic heterocycles. The van der Waals surface area contributed by atoms with E-state index in [-0.39, 0.29) is 5.82 Å². The quantitative estimate of drug-likeness (QED) is 0.553. The summed E-state index contributed by atoms with van der Waals surface area (Å²) in [5.74, 6) is -0.0758. The first-order valence-electron chi connectivity index (χ1n) is 4.55. The zero-order valence-corrected chi connectivity index (χ0v) is 7.36. The Morgan fingerprint density at radius 1 is 1.17 bits per heavy atom. The van der Waals surface area contributed by atoms with Crippen LogP contribution in [0.4, 0.5) is 4.39 Å². The van der Waals surface area contributed by atoms with E-state index in [1.807, 2.05) is 6.92 Å². The molecule has 2 rings (SSSR count). The van der Waals surface area contributed by atoms with Gasteiger partial charge in [-0.2, -0.15) is 0 Å². The summed E-state index contributed by atoms with van der Waals surface area (Å²) in [6.45, 7) is 2.01. The second kappa shape index (κ2) is 2.89. The summed E-state index contributed by atoms with van der Waals surface area (Å²) < 4.78 is 13.0. The van der Waals surface area contributed by atoms with Crippen LogP contribution in [0.2, 0.25) is 0 Å². The van der Waals surface area contributed by atoms with Crippen LogP contribution in [0.15, 0.2) is 12.1 Å². The summed E-state index contributed by atoms with van der Waals surface area (Å²) in [5, 5.41) is 0. The SMILES string of the molecule is Cc1cc(F)cc2c1CCCC2. The molecule has 0 radical (unpaired) electrons. The van der Waals surface area contributed by atoms with Crippen molar-refractivity contribution < 1.29 is 4.39 Å². The Bertz CT molecular complexity index is 302. The number of halogens is 1. The van der Waals surface area contributed by atoms with E-state index in [1.54, 1.807) is 12.1 Å². The third-order valence-electron chi connectivity index (χ3n) is 2.65. The molecule has 0 bridgehead atoms. The molecule has 0 fully saturated rings. The van der Waals surface area contributed by atoms with Gasteiger partial charge in [0.1, 0.15) is 5.82 Å². The van der Waals surface area contributed by atoms with Crippen LogP contribution in [0, 0.1) is 12.7 Å². The van der Waals surface area contributed by atoms with E-state index in [1.165, 1.54) is 24.0 Å². The second-order valence-electron chi connectivity index (χ2n) is 3.57. The Morgan fingerprint density at radius 2 is 1.92 bits per heavy atom. The topological polar surface area (TPSA) is 0 Å². The molecular formula is C11H13F. The van der Waals surface area contributed by atoms with Gasteiger partial charge in [-0.15, -0.1) is 0 Å². The van der Waals surface area contributed by atoms with Crippen LogP contribution < -0.4 is 0 Å². The summed E-state index contributed by atoms with van der Waals surface area (Å²) in [4.78, 5) is 0. The number of aryl methyl sites for hydroxylation is 2. The fraction of sp³-hybridized carbons (Fsp3) is 0.455. The molecule has 0 nitrogen and oxygen atoms in total. The lowest BCUT2D eigenvalue weighted by Crippen LogP contribution is -2.05. The molecule has 0 amide bonds. The van der Waals surface area contributed by atoms with E-state index in [4.69, 9.17) is 0 Å². The van der Waals surface area contributed by atoms with Gasteiger partial charge in [0.15, 0.2) is 0 Å². The van der Waals surface area contributed by atoms with Gasteiger partial charge in [-0.05, 0) is 61.4 Å². The van der Waals surface area contributed by atoms with Crippen molar-refractivity contribution in [3.8, 4) is 0 Å². The van der Waals surface area contributed by atoms with Gasteiger partial charge >= 0.3 is 0 Å². The molecule has 0 heterocycles. The average molecular weight is 164 g/mol.